The van der Waals surface area contributed by atoms with Crippen LogP contribution in [0.25, 0.3) is 11.1 Å². The number of fused-ring (bicyclic) bond motifs is 1. The van der Waals surface area contributed by atoms with E-state index in [2.05, 4.69) is 0 Å². The smallest absolute Gasteiger partial charge is 0.408 e. The van der Waals surface area contributed by atoms with E-state index in [-0.39, 0.29) is 12.2 Å². The minimum absolute atomic E-state index is 0.00919. The van der Waals surface area contributed by atoms with Crippen molar-refractivity contribution in [3.8, 4) is 0 Å². The Bertz CT molecular complexity index is 880. The fourth-order valence-corrected chi connectivity index (χ4v) is 2.26. The largest absolute Gasteiger partial charge is 0.420 e. The molecule has 106 valence electrons. The van der Waals surface area contributed by atoms with E-state index in [0.29, 0.717) is 16.1 Å². The van der Waals surface area contributed by atoms with Crippen molar-refractivity contribution < 1.29 is 9.34 Å². The Labute approximate surface area is 123 Å². The number of hydrogen-bond acceptors (Lipinski definition) is 4. The maximum atomic E-state index is 11.9. The molecule has 0 aliphatic carbocycles. The van der Waals surface area contributed by atoms with Crippen LogP contribution in [0.4, 0.5) is 5.69 Å². The molecule has 0 aliphatic rings. The molecule has 1 aromatic heterocycles. The monoisotopic (exact) mass is 304 g/mol. The lowest BCUT2D eigenvalue weighted by Gasteiger charge is -2.02. The average Bonchev–Trinajstić information content (AvgIpc) is 2.75. The van der Waals surface area contributed by atoms with Crippen molar-refractivity contribution in [3.63, 3.8) is 0 Å². The third kappa shape index (κ3) is 2.53. The van der Waals surface area contributed by atoms with Crippen LogP contribution in [-0.2, 0) is 6.54 Å². The first-order valence-corrected chi connectivity index (χ1v) is 6.44. The van der Waals surface area contributed by atoms with Crippen LogP contribution in [0.15, 0.2) is 51.7 Å². The van der Waals surface area contributed by atoms with Gasteiger partial charge in [-0.05, 0) is 17.7 Å². The Morgan fingerprint density at radius 3 is 2.57 bits per heavy atom. The topological polar surface area (TPSA) is 78.3 Å². The summed E-state index contributed by atoms with van der Waals surface area (Å²) in [6.07, 6.45) is 0. The first-order chi connectivity index (χ1) is 10.0. The molecule has 3 aromatic rings. The Kier molecular flexibility index (Phi) is 3.23. The number of nitrogens with zero attached hydrogens (tertiary/aromatic N) is 2. The normalized spacial score (nSPS) is 10.9. The van der Waals surface area contributed by atoms with E-state index in [1.54, 1.807) is 30.3 Å². The van der Waals surface area contributed by atoms with Gasteiger partial charge in [0.15, 0.2) is 5.58 Å². The van der Waals surface area contributed by atoms with Crippen molar-refractivity contribution in [2.75, 3.05) is 0 Å². The Morgan fingerprint density at radius 2 is 1.90 bits per heavy atom. The Morgan fingerprint density at radius 1 is 1.19 bits per heavy atom. The number of hydrogen-bond donors (Lipinski definition) is 0. The van der Waals surface area contributed by atoms with Crippen LogP contribution in [0.5, 0.6) is 0 Å². The van der Waals surface area contributed by atoms with Crippen LogP contribution in [0.2, 0.25) is 5.02 Å². The number of nitro benzene ring substituents is 1. The van der Waals surface area contributed by atoms with Gasteiger partial charge >= 0.3 is 5.76 Å². The van der Waals surface area contributed by atoms with Crippen LogP contribution in [0.3, 0.4) is 0 Å². The highest BCUT2D eigenvalue weighted by Gasteiger charge is 2.11. The van der Waals surface area contributed by atoms with E-state index in [1.165, 1.54) is 16.7 Å². The highest BCUT2D eigenvalue weighted by atomic mass is 35.5. The van der Waals surface area contributed by atoms with Gasteiger partial charge < -0.3 is 4.42 Å². The molecule has 0 radical (unpaired) electrons. The second-order valence-corrected chi connectivity index (χ2v) is 4.93. The minimum Gasteiger partial charge on any atom is -0.408 e. The highest BCUT2D eigenvalue weighted by Crippen LogP contribution is 2.20. The van der Waals surface area contributed by atoms with Gasteiger partial charge in [-0.1, -0.05) is 23.7 Å². The summed E-state index contributed by atoms with van der Waals surface area (Å²) < 4.78 is 6.58. The van der Waals surface area contributed by atoms with Crippen molar-refractivity contribution in [3.05, 3.63) is 73.7 Å². The number of benzene rings is 2. The minimum atomic E-state index is -0.495. The van der Waals surface area contributed by atoms with Gasteiger partial charge in [-0.2, -0.15) is 0 Å². The molecule has 0 amide bonds. The number of oxazole rings is 1. The van der Waals surface area contributed by atoms with Crippen molar-refractivity contribution in [1.29, 1.82) is 0 Å². The zero-order valence-corrected chi connectivity index (χ0v) is 11.4. The lowest BCUT2D eigenvalue weighted by Crippen LogP contribution is -2.14. The molecule has 3 rings (SSSR count). The van der Waals surface area contributed by atoms with Crippen molar-refractivity contribution >= 4 is 28.4 Å². The Balaban J connectivity index is 1.99. The van der Waals surface area contributed by atoms with E-state index in [9.17, 15) is 14.9 Å². The van der Waals surface area contributed by atoms with Crippen LogP contribution in [-0.4, -0.2) is 9.49 Å². The summed E-state index contributed by atoms with van der Waals surface area (Å²) in [5, 5.41) is 11.1. The quantitative estimate of drug-likeness (QED) is 0.550. The van der Waals surface area contributed by atoms with E-state index in [0.717, 1.165) is 5.56 Å². The number of aromatic nitrogens is 1. The molecule has 0 N–H and O–H groups in total. The molecule has 0 aliphatic heterocycles. The summed E-state index contributed by atoms with van der Waals surface area (Å²) in [5.41, 5.74) is 1.81. The van der Waals surface area contributed by atoms with Crippen LogP contribution < -0.4 is 5.76 Å². The molecule has 2 aromatic carbocycles. The van der Waals surface area contributed by atoms with Crippen molar-refractivity contribution in [1.82, 2.24) is 4.57 Å². The summed E-state index contributed by atoms with van der Waals surface area (Å²) in [5.74, 6) is -0.495. The number of halogens is 1. The molecule has 0 atom stereocenters. The van der Waals surface area contributed by atoms with Crippen molar-refractivity contribution in [2.45, 2.75) is 6.54 Å². The molecule has 7 heteroatoms. The van der Waals surface area contributed by atoms with Gasteiger partial charge in [0.25, 0.3) is 5.69 Å². The highest BCUT2D eigenvalue weighted by molar-refractivity contribution is 6.31. The van der Waals surface area contributed by atoms with Crippen molar-refractivity contribution in [2.24, 2.45) is 0 Å². The average molecular weight is 305 g/mol. The molecule has 21 heavy (non-hydrogen) atoms. The van der Waals surface area contributed by atoms with Gasteiger partial charge in [0, 0.05) is 23.2 Å². The summed E-state index contributed by atoms with van der Waals surface area (Å²) in [4.78, 5) is 22.0. The molecule has 0 bridgehead atoms. The first kappa shape index (κ1) is 13.4. The molecular formula is C14H9ClN2O4. The summed E-state index contributed by atoms with van der Waals surface area (Å²) in [6.45, 7) is 0.269. The number of non-ortho nitro benzene ring substituents is 1. The van der Waals surface area contributed by atoms with Crippen LogP contribution >= 0.6 is 11.6 Å². The third-order valence-electron chi connectivity index (χ3n) is 3.12. The van der Waals surface area contributed by atoms with Gasteiger partial charge in [0.05, 0.1) is 17.0 Å². The molecule has 0 spiro atoms. The summed E-state index contributed by atoms with van der Waals surface area (Å²) in [7, 11) is 0. The number of rotatable bonds is 3. The van der Waals surface area contributed by atoms with Gasteiger partial charge in [0.1, 0.15) is 0 Å². The predicted molar refractivity (Wildman–Crippen MR) is 77.7 cm³/mol. The fraction of sp³-hybridized carbons (Fsp3) is 0.0714. The molecule has 0 fully saturated rings. The lowest BCUT2D eigenvalue weighted by molar-refractivity contribution is -0.384. The number of nitro groups is 1. The second-order valence-electron chi connectivity index (χ2n) is 4.49. The van der Waals surface area contributed by atoms with E-state index in [4.69, 9.17) is 16.0 Å². The zero-order valence-electron chi connectivity index (χ0n) is 10.7. The Hall–Kier alpha value is -2.60. The zero-order chi connectivity index (χ0) is 15.0. The van der Waals surface area contributed by atoms with Gasteiger partial charge in [0.2, 0.25) is 0 Å². The molecular weight excluding hydrogens is 296 g/mol. The molecule has 1 heterocycles. The van der Waals surface area contributed by atoms with Gasteiger partial charge in [-0.25, -0.2) is 4.79 Å². The van der Waals surface area contributed by atoms with Gasteiger partial charge in [-0.3, -0.25) is 14.7 Å². The van der Waals surface area contributed by atoms with Crippen LogP contribution in [0, 0.1) is 10.1 Å². The van der Waals surface area contributed by atoms with Gasteiger partial charge in [-0.15, -0.1) is 0 Å². The molecule has 0 saturated carbocycles. The second kappa shape index (κ2) is 5.06. The van der Waals surface area contributed by atoms with E-state index < -0.39 is 10.7 Å². The standard InChI is InChI=1S/C14H9ClN2O4/c15-10-3-6-12-13(7-10)21-14(18)16(12)8-9-1-4-11(5-2-9)17(19)20/h1-7H,8H2. The summed E-state index contributed by atoms with van der Waals surface area (Å²) in [6, 6.07) is 11.0. The predicted octanol–water partition coefficient (Wildman–Crippen LogP) is 3.20. The maximum absolute atomic E-state index is 11.9. The third-order valence-corrected chi connectivity index (χ3v) is 3.35. The molecule has 0 saturated heterocycles. The fourth-order valence-electron chi connectivity index (χ4n) is 2.10. The maximum Gasteiger partial charge on any atom is 0.420 e. The molecule has 6 nitrogen and oxygen atoms in total. The first-order valence-electron chi connectivity index (χ1n) is 6.07. The molecule has 0 unspecified atom stereocenters. The SMILES string of the molecule is O=c1oc2cc(Cl)ccc2n1Cc1ccc([N+](=O)[O-])cc1. The van der Waals surface area contributed by atoms with Crippen LogP contribution in [0.1, 0.15) is 5.56 Å². The van der Waals surface area contributed by atoms with E-state index in [1.807, 2.05) is 0 Å². The van der Waals surface area contributed by atoms with E-state index >= 15 is 0 Å². The summed E-state index contributed by atoms with van der Waals surface area (Å²) >= 11 is 5.85. The lowest BCUT2D eigenvalue weighted by atomic mass is 10.2.